The molecule has 3 aromatic rings. The molecule has 1 amide bonds. The number of nitriles is 1. The maximum absolute atomic E-state index is 13.2. The highest BCUT2D eigenvalue weighted by atomic mass is 19.1. The Kier molecular flexibility index (Phi) is 7.39. The molecule has 3 N–H and O–H groups in total. The second-order valence-electron chi connectivity index (χ2n) is 7.33. The van der Waals surface area contributed by atoms with Crippen molar-refractivity contribution >= 4 is 11.7 Å². The van der Waals surface area contributed by atoms with E-state index in [1.807, 2.05) is 0 Å². The minimum Gasteiger partial charge on any atom is -0.382 e. The average molecular weight is 420 g/mol. The number of aryl methyl sites for hydroxylation is 3. The lowest BCUT2D eigenvalue weighted by Gasteiger charge is -2.06. The average Bonchev–Trinajstić information content (AvgIpc) is 3.11. The van der Waals surface area contributed by atoms with Crippen LogP contribution in [0.2, 0.25) is 0 Å². The minimum atomic E-state index is -0.357. The molecule has 2 aromatic carbocycles. The molecule has 160 valence electrons. The molecule has 0 radical (unpaired) electrons. The van der Waals surface area contributed by atoms with Crippen molar-refractivity contribution in [1.82, 2.24) is 15.1 Å². The number of carbonyl (C=O) groups is 1. The van der Waals surface area contributed by atoms with Crippen LogP contribution < -0.4 is 11.1 Å². The quantitative estimate of drug-likeness (QED) is 0.517. The first-order chi connectivity index (χ1) is 15.0. The zero-order valence-corrected chi connectivity index (χ0v) is 17.6. The predicted molar refractivity (Wildman–Crippen MR) is 118 cm³/mol. The normalized spacial score (nSPS) is 10.6. The highest BCUT2D eigenvalue weighted by Gasteiger charge is 2.16. The summed E-state index contributed by atoms with van der Waals surface area (Å²) in [6.45, 7) is 2.60. The number of benzene rings is 2. The van der Waals surface area contributed by atoms with Crippen molar-refractivity contribution in [2.75, 3.05) is 12.3 Å². The van der Waals surface area contributed by atoms with Crippen molar-refractivity contribution in [2.45, 2.75) is 39.0 Å². The number of amides is 1. The molecule has 3 rings (SSSR count). The molecule has 0 unspecified atom stereocenters. The number of nitrogens with two attached hydrogens (primary N) is 1. The van der Waals surface area contributed by atoms with Crippen LogP contribution in [0.4, 0.5) is 10.2 Å². The maximum atomic E-state index is 13.2. The van der Waals surface area contributed by atoms with E-state index in [4.69, 9.17) is 5.73 Å². The third-order valence-electron chi connectivity index (χ3n) is 5.16. The second-order valence-corrected chi connectivity index (χ2v) is 7.33. The standard InChI is InChI=1S/C24H26FN5O/c1-2-17-5-7-18(8-6-17)9-14-23(31)28-15-3-4-22-21(16-26)24(27)30(29-22)20-12-10-19(25)11-13-20/h5-8,10-13H,2-4,9,14-15,27H2,1H3,(H,28,31). The van der Waals surface area contributed by atoms with Crippen LogP contribution in [0.1, 0.15) is 42.1 Å². The Morgan fingerprint density at radius 3 is 2.45 bits per heavy atom. The van der Waals surface area contributed by atoms with E-state index in [-0.39, 0.29) is 17.5 Å². The van der Waals surface area contributed by atoms with Gasteiger partial charge < -0.3 is 11.1 Å². The molecule has 6 nitrogen and oxygen atoms in total. The number of nitrogens with zero attached hydrogens (tertiary/aromatic N) is 3. The molecule has 31 heavy (non-hydrogen) atoms. The third kappa shape index (κ3) is 5.70. The topological polar surface area (TPSA) is 96.7 Å². The summed E-state index contributed by atoms with van der Waals surface area (Å²) in [5, 5.41) is 16.8. The van der Waals surface area contributed by atoms with Gasteiger partial charge in [0.15, 0.2) is 0 Å². The van der Waals surface area contributed by atoms with Gasteiger partial charge in [-0.15, -0.1) is 0 Å². The zero-order chi connectivity index (χ0) is 22.2. The van der Waals surface area contributed by atoms with Gasteiger partial charge in [0.2, 0.25) is 5.91 Å². The van der Waals surface area contributed by atoms with Gasteiger partial charge in [-0.05, 0) is 61.1 Å². The fourth-order valence-corrected chi connectivity index (χ4v) is 3.33. The SMILES string of the molecule is CCc1ccc(CCC(=O)NCCCc2nn(-c3ccc(F)cc3)c(N)c2C#N)cc1. The molecule has 0 bridgehead atoms. The lowest BCUT2D eigenvalue weighted by molar-refractivity contribution is -0.121. The Morgan fingerprint density at radius 1 is 1.13 bits per heavy atom. The van der Waals surface area contributed by atoms with Gasteiger partial charge in [-0.3, -0.25) is 4.79 Å². The van der Waals surface area contributed by atoms with Crippen LogP contribution in [0.5, 0.6) is 0 Å². The van der Waals surface area contributed by atoms with Gasteiger partial charge in [-0.25, -0.2) is 9.07 Å². The van der Waals surface area contributed by atoms with E-state index in [2.05, 4.69) is 47.7 Å². The smallest absolute Gasteiger partial charge is 0.220 e. The highest BCUT2D eigenvalue weighted by Crippen LogP contribution is 2.21. The lowest BCUT2D eigenvalue weighted by Crippen LogP contribution is -2.25. The van der Waals surface area contributed by atoms with Crippen LogP contribution in [-0.2, 0) is 24.1 Å². The van der Waals surface area contributed by atoms with E-state index in [1.165, 1.54) is 22.4 Å². The number of nitrogens with one attached hydrogen (secondary N) is 1. The summed E-state index contributed by atoms with van der Waals surface area (Å²) in [6, 6.07) is 16.2. The summed E-state index contributed by atoms with van der Waals surface area (Å²) in [6.07, 6.45) is 3.27. The first-order valence-corrected chi connectivity index (χ1v) is 10.4. The van der Waals surface area contributed by atoms with Gasteiger partial charge >= 0.3 is 0 Å². The van der Waals surface area contributed by atoms with Crippen molar-refractivity contribution in [1.29, 1.82) is 5.26 Å². The number of rotatable bonds is 9. The summed E-state index contributed by atoms with van der Waals surface area (Å²) in [5.74, 6) is -0.136. The number of aromatic nitrogens is 2. The fraction of sp³-hybridized carbons (Fsp3) is 0.292. The Hall–Kier alpha value is -3.66. The molecule has 1 aromatic heterocycles. The number of carbonyl (C=O) groups excluding carboxylic acids is 1. The largest absolute Gasteiger partial charge is 0.382 e. The summed E-state index contributed by atoms with van der Waals surface area (Å²) in [4.78, 5) is 12.1. The molecule has 0 aliphatic rings. The van der Waals surface area contributed by atoms with E-state index in [9.17, 15) is 14.4 Å². The first-order valence-electron chi connectivity index (χ1n) is 10.4. The van der Waals surface area contributed by atoms with Gasteiger partial charge in [-0.1, -0.05) is 31.2 Å². The van der Waals surface area contributed by atoms with Gasteiger partial charge in [0.05, 0.1) is 11.4 Å². The van der Waals surface area contributed by atoms with Crippen LogP contribution in [-0.4, -0.2) is 22.2 Å². The van der Waals surface area contributed by atoms with Crippen molar-refractivity contribution in [3.63, 3.8) is 0 Å². The Bertz CT molecular complexity index is 1070. The number of nitrogen functional groups attached to an aromatic ring is 1. The summed E-state index contributed by atoms with van der Waals surface area (Å²) in [7, 11) is 0. The van der Waals surface area contributed by atoms with E-state index in [0.717, 1.165) is 12.0 Å². The summed E-state index contributed by atoms with van der Waals surface area (Å²) >= 11 is 0. The summed E-state index contributed by atoms with van der Waals surface area (Å²) in [5.41, 5.74) is 9.96. The van der Waals surface area contributed by atoms with Gasteiger partial charge in [0.1, 0.15) is 23.3 Å². The summed E-state index contributed by atoms with van der Waals surface area (Å²) < 4.78 is 14.6. The molecule has 0 aliphatic carbocycles. The molecule has 0 fully saturated rings. The van der Waals surface area contributed by atoms with Gasteiger partial charge in [-0.2, -0.15) is 10.4 Å². The number of halogens is 1. The monoisotopic (exact) mass is 419 g/mol. The minimum absolute atomic E-state index is 0.00331. The van der Waals surface area contributed by atoms with Crippen LogP contribution in [0.15, 0.2) is 48.5 Å². The van der Waals surface area contributed by atoms with E-state index in [1.54, 1.807) is 12.1 Å². The Labute approximate surface area is 181 Å². The van der Waals surface area contributed by atoms with Crippen molar-refractivity contribution < 1.29 is 9.18 Å². The lowest BCUT2D eigenvalue weighted by atomic mass is 10.1. The van der Waals surface area contributed by atoms with Crippen LogP contribution >= 0.6 is 0 Å². The number of hydrogen-bond acceptors (Lipinski definition) is 4. The van der Waals surface area contributed by atoms with Crippen molar-refractivity contribution in [2.24, 2.45) is 0 Å². The van der Waals surface area contributed by atoms with E-state index in [0.29, 0.717) is 49.2 Å². The Morgan fingerprint density at radius 2 is 1.81 bits per heavy atom. The molecule has 0 aliphatic heterocycles. The highest BCUT2D eigenvalue weighted by molar-refractivity contribution is 5.76. The van der Waals surface area contributed by atoms with E-state index >= 15 is 0 Å². The van der Waals surface area contributed by atoms with Crippen LogP contribution in [0, 0.1) is 17.1 Å². The first kappa shape index (κ1) is 22.0. The van der Waals surface area contributed by atoms with Crippen molar-refractivity contribution in [3.05, 3.63) is 76.7 Å². The van der Waals surface area contributed by atoms with Crippen LogP contribution in [0.3, 0.4) is 0 Å². The van der Waals surface area contributed by atoms with Gasteiger partial charge in [0, 0.05) is 13.0 Å². The second kappa shape index (κ2) is 10.4. The number of hydrogen-bond donors (Lipinski definition) is 2. The molecule has 7 heteroatoms. The maximum Gasteiger partial charge on any atom is 0.220 e. The molecule has 0 atom stereocenters. The molecular formula is C24H26FN5O. The Balaban J connectivity index is 1.49. The van der Waals surface area contributed by atoms with Crippen LogP contribution in [0.25, 0.3) is 5.69 Å². The van der Waals surface area contributed by atoms with E-state index < -0.39 is 0 Å². The van der Waals surface area contributed by atoms with Crippen molar-refractivity contribution in [3.8, 4) is 11.8 Å². The number of anilines is 1. The predicted octanol–water partition coefficient (Wildman–Crippen LogP) is 3.71. The van der Waals surface area contributed by atoms with Gasteiger partial charge in [0.25, 0.3) is 0 Å². The fourth-order valence-electron chi connectivity index (χ4n) is 3.33. The zero-order valence-electron chi connectivity index (χ0n) is 17.6. The molecule has 0 saturated heterocycles. The molecular weight excluding hydrogens is 393 g/mol. The molecule has 1 heterocycles. The third-order valence-corrected chi connectivity index (χ3v) is 5.16. The molecule has 0 saturated carbocycles. The molecule has 0 spiro atoms.